The minimum atomic E-state index is 0.171. The summed E-state index contributed by atoms with van der Waals surface area (Å²) in [4.78, 5) is 21.1. The van der Waals surface area contributed by atoms with E-state index in [1.807, 2.05) is 54.6 Å². The first-order valence-corrected chi connectivity index (χ1v) is 18.6. The molecule has 2 heterocycles. The first kappa shape index (κ1) is 31.8. The molecule has 0 aliphatic heterocycles. The summed E-state index contributed by atoms with van der Waals surface area (Å²) in [5.74, 6) is 1.67. The van der Waals surface area contributed by atoms with Crippen LogP contribution in [0.4, 0.5) is 0 Å². The number of fused-ring (bicyclic) bond motifs is 9. The van der Waals surface area contributed by atoms with Crippen molar-refractivity contribution in [2.45, 2.75) is 0 Å². The van der Waals surface area contributed by atoms with E-state index < -0.39 is 0 Å². The highest BCUT2D eigenvalue weighted by Crippen LogP contribution is 2.39. The third kappa shape index (κ3) is 4.97. The molecule has 1 aliphatic carbocycles. The Morgan fingerprint density at radius 2 is 0.893 bits per heavy atom. The fraction of sp³-hybridized carbons (Fsp3) is 0. The third-order valence-corrected chi connectivity index (χ3v) is 10.9. The molecule has 2 aromatic heterocycles. The topological polar surface area (TPSA) is 99.3 Å². The molecule has 1 aliphatic rings. The molecule has 260 valence electrons. The summed E-state index contributed by atoms with van der Waals surface area (Å²) in [6, 6.07) is 54.2. The number of aromatic nitrogens is 4. The minimum absolute atomic E-state index is 0.171. The summed E-state index contributed by atoms with van der Waals surface area (Å²) < 4.78 is 0. The van der Waals surface area contributed by atoms with Crippen LogP contribution in [0.1, 0.15) is 11.1 Å². The van der Waals surface area contributed by atoms with Gasteiger partial charge in [-0.2, -0.15) is 0 Å². The van der Waals surface area contributed by atoms with Gasteiger partial charge >= 0.3 is 0 Å². The number of hydrogen-bond donors (Lipinski definition) is 2. The maximum atomic E-state index is 8.99. The van der Waals surface area contributed by atoms with E-state index in [0.717, 1.165) is 71.2 Å². The van der Waals surface area contributed by atoms with Gasteiger partial charge in [0.05, 0.1) is 22.6 Å². The van der Waals surface area contributed by atoms with Crippen LogP contribution in [-0.2, 0) is 0 Å². The fourth-order valence-electron chi connectivity index (χ4n) is 8.28. The van der Waals surface area contributed by atoms with E-state index >= 15 is 0 Å². The average molecular weight is 715 g/mol. The van der Waals surface area contributed by atoms with Crippen LogP contribution in [0.15, 0.2) is 164 Å². The summed E-state index contributed by atoms with van der Waals surface area (Å²) in [5, 5.41) is 27.3. The lowest BCUT2D eigenvalue weighted by Gasteiger charge is -2.19. The van der Waals surface area contributed by atoms with Crippen LogP contribution in [0.3, 0.4) is 0 Å². The molecule has 2 N–H and O–H groups in total. The molecule has 0 amide bonds. The highest BCUT2D eigenvalue weighted by Gasteiger charge is 2.24. The van der Waals surface area contributed by atoms with Gasteiger partial charge in [-0.1, -0.05) is 140 Å². The van der Waals surface area contributed by atoms with Crippen LogP contribution < -0.4 is 0 Å². The Kier molecular flexibility index (Phi) is 7.06. The second-order valence-electron chi connectivity index (χ2n) is 14.2. The molecule has 0 unspecified atom stereocenters. The number of nitrogens with one attached hydrogen (secondary N) is 2. The van der Waals surface area contributed by atoms with E-state index in [1.54, 1.807) is 6.08 Å². The molecule has 11 rings (SSSR count). The van der Waals surface area contributed by atoms with Crippen molar-refractivity contribution < 1.29 is 0 Å². The van der Waals surface area contributed by atoms with Gasteiger partial charge in [-0.05, 0) is 73.4 Å². The van der Waals surface area contributed by atoms with Crippen molar-refractivity contribution in [2.75, 3.05) is 0 Å². The molecule has 6 nitrogen and oxygen atoms in total. The standard InChI is InChI=1S/C50H30N6/c51-43-25-24-40-45(46(43)52)39-23-22-32(28-44(39)53-47(40)29-12-2-1-3-13-29)48-54-49(41-26-30-14-4-6-16-33(30)35-18-8-10-20-37(35)41)56-50(55-48)42-27-31-15-5-7-17-34(31)36-19-9-11-21-38(36)42/h1-28,51-52H. The van der Waals surface area contributed by atoms with Crippen molar-refractivity contribution >= 4 is 71.5 Å². The first-order valence-electron chi connectivity index (χ1n) is 18.6. The smallest absolute Gasteiger partial charge is 0.164 e. The summed E-state index contributed by atoms with van der Waals surface area (Å²) >= 11 is 0. The van der Waals surface area contributed by atoms with E-state index in [2.05, 4.69) is 109 Å². The van der Waals surface area contributed by atoms with Gasteiger partial charge in [0.1, 0.15) is 0 Å². The molecule has 6 heteroatoms. The second kappa shape index (κ2) is 12.4. The van der Waals surface area contributed by atoms with Crippen molar-refractivity contribution in [2.24, 2.45) is 0 Å². The minimum Gasteiger partial charge on any atom is -0.299 e. The summed E-state index contributed by atoms with van der Waals surface area (Å²) in [6.45, 7) is 0. The number of hydrogen-bond acceptors (Lipinski definition) is 6. The van der Waals surface area contributed by atoms with Crippen LogP contribution in [0, 0.1) is 10.8 Å². The Labute approximate surface area is 321 Å². The molecule has 56 heavy (non-hydrogen) atoms. The van der Waals surface area contributed by atoms with Gasteiger partial charge in [0.15, 0.2) is 17.5 Å². The Morgan fingerprint density at radius 1 is 0.375 bits per heavy atom. The maximum Gasteiger partial charge on any atom is 0.164 e. The van der Waals surface area contributed by atoms with Gasteiger partial charge < -0.3 is 0 Å². The lowest BCUT2D eigenvalue weighted by molar-refractivity contribution is 1.08. The molecule has 0 saturated heterocycles. The van der Waals surface area contributed by atoms with E-state index in [9.17, 15) is 0 Å². The predicted molar refractivity (Wildman–Crippen MR) is 230 cm³/mol. The van der Waals surface area contributed by atoms with Crippen LogP contribution in [0.25, 0.3) is 105 Å². The highest BCUT2D eigenvalue weighted by molar-refractivity contribution is 6.54. The van der Waals surface area contributed by atoms with Crippen molar-refractivity contribution in [1.29, 1.82) is 10.8 Å². The number of allylic oxidation sites excluding steroid dienone is 1. The monoisotopic (exact) mass is 714 g/mol. The van der Waals surface area contributed by atoms with Gasteiger partial charge in [-0.3, -0.25) is 10.8 Å². The Hall–Kier alpha value is -7.70. The maximum absolute atomic E-state index is 8.99. The Balaban J connectivity index is 1.21. The number of nitrogens with zero attached hydrogens (tertiary/aromatic N) is 4. The Bertz CT molecular complexity index is 3210. The highest BCUT2D eigenvalue weighted by atomic mass is 15.0. The van der Waals surface area contributed by atoms with Crippen LogP contribution in [0.5, 0.6) is 0 Å². The number of benzene rings is 8. The molecule has 8 aromatic carbocycles. The van der Waals surface area contributed by atoms with E-state index in [-0.39, 0.29) is 11.4 Å². The van der Waals surface area contributed by atoms with Crippen molar-refractivity contribution in [3.05, 3.63) is 175 Å². The van der Waals surface area contributed by atoms with E-state index in [1.165, 1.54) is 10.8 Å². The lowest BCUT2D eigenvalue weighted by Crippen LogP contribution is -2.17. The average Bonchev–Trinajstić information content (AvgIpc) is 3.26. The number of pyridine rings is 1. The SMILES string of the molecule is N=C1C=Cc2c(-c3ccccc3)nc3cc(-c4nc(-c5cc6ccccc6c6ccccc56)nc(-c5cc6ccccc6c6ccccc56)n4)ccc3c2C1=N. The summed E-state index contributed by atoms with van der Waals surface area (Å²) in [7, 11) is 0. The largest absolute Gasteiger partial charge is 0.299 e. The zero-order chi connectivity index (χ0) is 37.3. The van der Waals surface area contributed by atoms with E-state index in [4.69, 9.17) is 30.8 Å². The van der Waals surface area contributed by atoms with Crippen molar-refractivity contribution in [1.82, 2.24) is 19.9 Å². The van der Waals surface area contributed by atoms with Crippen molar-refractivity contribution in [3.63, 3.8) is 0 Å². The van der Waals surface area contributed by atoms with Gasteiger partial charge in [0.2, 0.25) is 0 Å². The quantitative estimate of drug-likeness (QED) is 0.177. The molecular weight excluding hydrogens is 685 g/mol. The van der Waals surface area contributed by atoms with Crippen LogP contribution in [0.2, 0.25) is 0 Å². The molecule has 0 atom stereocenters. The second-order valence-corrected chi connectivity index (χ2v) is 14.2. The zero-order valence-corrected chi connectivity index (χ0v) is 30.0. The Morgan fingerprint density at radius 3 is 1.50 bits per heavy atom. The molecule has 10 aromatic rings. The first-order chi connectivity index (χ1) is 27.6. The molecule has 0 spiro atoms. The van der Waals surface area contributed by atoms with Crippen LogP contribution >= 0.6 is 0 Å². The molecule has 0 bridgehead atoms. The van der Waals surface area contributed by atoms with Crippen molar-refractivity contribution in [3.8, 4) is 45.4 Å². The predicted octanol–water partition coefficient (Wildman–Crippen LogP) is 12.1. The fourth-order valence-corrected chi connectivity index (χ4v) is 8.28. The zero-order valence-electron chi connectivity index (χ0n) is 30.0. The molecular formula is C50H30N6. The van der Waals surface area contributed by atoms with Gasteiger partial charge in [0, 0.05) is 38.8 Å². The van der Waals surface area contributed by atoms with Crippen LogP contribution in [-0.4, -0.2) is 31.4 Å². The third-order valence-electron chi connectivity index (χ3n) is 10.9. The summed E-state index contributed by atoms with van der Waals surface area (Å²) in [5.41, 5.74) is 6.92. The van der Waals surface area contributed by atoms with Gasteiger partial charge in [0.25, 0.3) is 0 Å². The molecule has 0 fully saturated rings. The lowest BCUT2D eigenvalue weighted by atomic mass is 9.88. The number of rotatable bonds is 4. The normalized spacial score (nSPS) is 12.6. The molecule has 0 radical (unpaired) electrons. The van der Waals surface area contributed by atoms with Gasteiger partial charge in [-0.25, -0.2) is 19.9 Å². The summed E-state index contributed by atoms with van der Waals surface area (Å²) in [6.07, 6.45) is 3.59. The van der Waals surface area contributed by atoms with Gasteiger partial charge in [-0.15, -0.1) is 0 Å². The van der Waals surface area contributed by atoms with E-state index in [0.29, 0.717) is 28.6 Å². The molecule has 0 saturated carbocycles.